The maximum atomic E-state index is 12.7. The molecule has 0 bridgehead atoms. The van der Waals surface area contributed by atoms with Gasteiger partial charge >= 0.3 is 0 Å². The maximum Gasteiger partial charge on any atom is 0.263 e. The number of fused-ring (bicyclic) bond motifs is 1. The highest BCUT2D eigenvalue weighted by atomic mass is 35.5. The van der Waals surface area contributed by atoms with Crippen molar-refractivity contribution in [3.63, 3.8) is 0 Å². The van der Waals surface area contributed by atoms with Crippen LogP contribution in [0.2, 0.25) is 20.1 Å². The zero-order valence-corrected chi connectivity index (χ0v) is 17.9. The summed E-state index contributed by atoms with van der Waals surface area (Å²) < 4.78 is 1.76. The quantitative estimate of drug-likeness (QED) is 0.389. The van der Waals surface area contributed by atoms with Crippen molar-refractivity contribution in [3.8, 4) is 0 Å². The number of anilines is 1. The summed E-state index contributed by atoms with van der Waals surface area (Å²) in [4.78, 5) is 38.8. The van der Waals surface area contributed by atoms with E-state index in [-0.39, 0.29) is 37.3 Å². The number of nitrogens with one attached hydrogen (secondary N) is 1. The molecule has 2 heterocycles. The van der Waals surface area contributed by atoms with Crippen LogP contribution in [0.3, 0.4) is 0 Å². The topological polar surface area (TPSA) is 84.3 Å². The third-order valence-corrected chi connectivity index (χ3v) is 6.90. The van der Waals surface area contributed by atoms with E-state index >= 15 is 0 Å². The van der Waals surface area contributed by atoms with Crippen molar-refractivity contribution >= 4 is 69.9 Å². The molecule has 1 N–H and O–H groups in total. The molecule has 7 nitrogen and oxygen atoms in total. The number of hydrogen-bond donors (Lipinski definition) is 1. The molecule has 29 heavy (non-hydrogen) atoms. The molecule has 0 atom stereocenters. The van der Waals surface area contributed by atoms with Crippen LogP contribution in [0.25, 0.3) is 0 Å². The normalized spacial score (nSPS) is 16.6. The summed E-state index contributed by atoms with van der Waals surface area (Å²) in [7, 11) is 0. The molecule has 0 spiro atoms. The second-order valence-electron chi connectivity index (χ2n) is 6.85. The molecule has 11 heteroatoms. The van der Waals surface area contributed by atoms with Crippen LogP contribution in [0.1, 0.15) is 52.4 Å². The van der Waals surface area contributed by atoms with Gasteiger partial charge in [0.2, 0.25) is 5.91 Å². The van der Waals surface area contributed by atoms with E-state index in [9.17, 15) is 14.4 Å². The van der Waals surface area contributed by atoms with Gasteiger partial charge in [-0.1, -0.05) is 59.2 Å². The molecular formula is C18H14Cl4N4O3. The summed E-state index contributed by atoms with van der Waals surface area (Å²) in [5.41, 5.74) is -0.306. The van der Waals surface area contributed by atoms with E-state index in [1.807, 2.05) is 0 Å². The number of hydrogen-bond acceptors (Lipinski definition) is 4. The first-order chi connectivity index (χ1) is 13.8. The minimum Gasteiger partial charge on any atom is -0.309 e. The fourth-order valence-electron chi connectivity index (χ4n) is 3.72. The summed E-state index contributed by atoms with van der Waals surface area (Å²) in [5.74, 6) is -1.55. The van der Waals surface area contributed by atoms with Crippen molar-refractivity contribution in [2.45, 2.75) is 31.7 Å². The van der Waals surface area contributed by atoms with Gasteiger partial charge in [-0.05, 0) is 12.8 Å². The number of halogens is 4. The Labute approximate surface area is 185 Å². The average Bonchev–Trinajstić information content (AvgIpc) is 3.41. The van der Waals surface area contributed by atoms with Crippen LogP contribution < -0.4 is 5.32 Å². The van der Waals surface area contributed by atoms with Gasteiger partial charge in [0.25, 0.3) is 11.8 Å². The van der Waals surface area contributed by atoms with Gasteiger partial charge in [-0.3, -0.25) is 19.3 Å². The lowest BCUT2D eigenvalue weighted by atomic mass is 10.1. The second-order valence-corrected chi connectivity index (χ2v) is 8.36. The predicted octanol–water partition coefficient (Wildman–Crippen LogP) is 4.85. The monoisotopic (exact) mass is 474 g/mol. The van der Waals surface area contributed by atoms with Gasteiger partial charge in [0, 0.05) is 6.07 Å². The Hall–Kier alpha value is -1.80. The van der Waals surface area contributed by atoms with Crippen molar-refractivity contribution in [1.29, 1.82) is 0 Å². The molecular weight excluding hydrogens is 462 g/mol. The smallest absolute Gasteiger partial charge is 0.263 e. The average molecular weight is 476 g/mol. The van der Waals surface area contributed by atoms with Crippen LogP contribution in [0.5, 0.6) is 0 Å². The first-order valence-electron chi connectivity index (χ1n) is 8.86. The minimum atomic E-state index is -0.755. The number of benzene rings is 1. The molecule has 0 unspecified atom stereocenters. The number of nitrogens with zero attached hydrogens (tertiary/aromatic N) is 3. The molecule has 2 aromatic rings. The lowest BCUT2D eigenvalue weighted by Crippen LogP contribution is -2.37. The Balaban J connectivity index is 1.55. The summed E-state index contributed by atoms with van der Waals surface area (Å²) in [5, 5.41) is 6.41. The molecule has 1 aromatic carbocycles. The van der Waals surface area contributed by atoms with Gasteiger partial charge in [0.15, 0.2) is 0 Å². The Kier molecular flexibility index (Phi) is 5.50. The Morgan fingerprint density at radius 1 is 1.00 bits per heavy atom. The molecule has 0 saturated heterocycles. The fourth-order valence-corrected chi connectivity index (χ4v) is 4.73. The third kappa shape index (κ3) is 3.40. The summed E-state index contributed by atoms with van der Waals surface area (Å²) >= 11 is 24.2. The first kappa shape index (κ1) is 20.5. The van der Waals surface area contributed by atoms with Gasteiger partial charge in [-0.15, -0.1) is 0 Å². The lowest BCUT2D eigenvalue weighted by Gasteiger charge is -2.17. The van der Waals surface area contributed by atoms with Crippen molar-refractivity contribution < 1.29 is 14.4 Å². The molecule has 1 aromatic heterocycles. The zero-order chi connectivity index (χ0) is 20.9. The van der Waals surface area contributed by atoms with Gasteiger partial charge in [-0.25, -0.2) is 4.68 Å². The molecule has 152 valence electrons. The minimum absolute atomic E-state index is 0.120. The number of carbonyl (C=O) groups excluding carboxylic acids is 3. The van der Waals surface area contributed by atoms with E-state index in [4.69, 9.17) is 46.4 Å². The van der Waals surface area contributed by atoms with Gasteiger partial charge in [0.1, 0.15) is 12.4 Å². The first-order valence-corrected chi connectivity index (χ1v) is 10.4. The fraction of sp³-hybridized carbons (Fsp3) is 0.333. The highest BCUT2D eigenvalue weighted by molar-refractivity contribution is 6.55. The third-order valence-electron chi connectivity index (χ3n) is 5.10. The SMILES string of the molecule is O=C(CN1C(=O)c2c(Cl)c(Cl)c(Cl)c(Cl)c2C1=O)Nc1ccnn1C1CCCC1. The number of carbonyl (C=O) groups is 3. The van der Waals surface area contributed by atoms with Gasteiger partial charge in [-0.2, -0.15) is 5.10 Å². The van der Waals surface area contributed by atoms with E-state index in [1.165, 1.54) is 0 Å². The summed E-state index contributed by atoms with van der Waals surface area (Å²) in [6, 6.07) is 1.90. The van der Waals surface area contributed by atoms with Crippen LogP contribution in [0.4, 0.5) is 5.82 Å². The molecule has 2 aliphatic rings. The summed E-state index contributed by atoms with van der Waals surface area (Å²) in [6.07, 6.45) is 5.79. The molecule has 1 saturated carbocycles. The number of aromatic nitrogens is 2. The molecule has 0 radical (unpaired) electrons. The molecule has 1 aliphatic carbocycles. The molecule has 1 aliphatic heterocycles. The second kappa shape index (κ2) is 7.80. The maximum absolute atomic E-state index is 12.7. The van der Waals surface area contributed by atoms with Crippen molar-refractivity contribution in [3.05, 3.63) is 43.5 Å². The van der Waals surface area contributed by atoms with Crippen molar-refractivity contribution in [2.24, 2.45) is 0 Å². The highest BCUT2D eigenvalue weighted by Crippen LogP contribution is 2.44. The van der Waals surface area contributed by atoms with Gasteiger partial charge in [0.05, 0.1) is 43.5 Å². The number of rotatable bonds is 4. The van der Waals surface area contributed by atoms with Crippen LogP contribution in [-0.4, -0.2) is 38.9 Å². The van der Waals surface area contributed by atoms with E-state index in [1.54, 1.807) is 16.9 Å². The number of amides is 3. The standard InChI is InChI=1S/C18H14Cl4N4O3/c19-13-11-12(14(20)16(22)15(13)21)18(29)25(17(11)28)7-10(27)24-9-5-6-23-26(9)8-3-1-2-4-8/h5-6,8H,1-4,7H2,(H,24,27). The van der Waals surface area contributed by atoms with Crippen LogP contribution in [0.15, 0.2) is 12.3 Å². The predicted molar refractivity (Wildman–Crippen MR) is 110 cm³/mol. The Bertz CT molecular complexity index is 999. The van der Waals surface area contributed by atoms with Crippen LogP contribution >= 0.6 is 46.4 Å². The largest absolute Gasteiger partial charge is 0.309 e. The van der Waals surface area contributed by atoms with Crippen molar-refractivity contribution in [2.75, 3.05) is 11.9 Å². The molecule has 1 fully saturated rings. The van der Waals surface area contributed by atoms with E-state index in [2.05, 4.69) is 10.4 Å². The Morgan fingerprint density at radius 3 is 2.10 bits per heavy atom. The summed E-state index contributed by atoms with van der Waals surface area (Å²) in [6.45, 7) is -0.510. The van der Waals surface area contributed by atoms with E-state index < -0.39 is 24.3 Å². The lowest BCUT2D eigenvalue weighted by molar-refractivity contribution is -0.116. The zero-order valence-electron chi connectivity index (χ0n) is 14.8. The Morgan fingerprint density at radius 2 is 1.55 bits per heavy atom. The van der Waals surface area contributed by atoms with Crippen LogP contribution in [0, 0.1) is 0 Å². The van der Waals surface area contributed by atoms with E-state index in [0.29, 0.717) is 5.82 Å². The molecule has 3 amide bonds. The molecule has 4 rings (SSSR count). The highest BCUT2D eigenvalue weighted by Gasteiger charge is 2.42. The van der Waals surface area contributed by atoms with Crippen LogP contribution in [-0.2, 0) is 4.79 Å². The van der Waals surface area contributed by atoms with Gasteiger partial charge < -0.3 is 5.32 Å². The number of imide groups is 1. The van der Waals surface area contributed by atoms with E-state index in [0.717, 1.165) is 30.6 Å². The van der Waals surface area contributed by atoms with Crippen molar-refractivity contribution in [1.82, 2.24) is 14.7 Å².